The molecule has 0 aliphatic heterocycles. The first-order valence-electron chi connectivity index (χ1n) is 10.0. The summed E-state index contributed by atoms with van der Waals surface area (Å²) >= 11 is -1.30. The van der Waals surface area contributed by atoms with E-state index in [0.717, 1.165) is 16.7 Å². The minimum atomic E-state index is -1.30. The number of rotatable bonds is 4. The second-order valence-electron chi connectivity index (χ2n) is 7.35. The number of hydrogen-bond acceptors (Lipinski definition) is 4. The largest absolute Gasteiger partial charge is 0.396 e. The van der Waals surface area contributed by atoms with Gasteiger partial charge in [-0.15, -0.1) is 0 Å². The number of fused-ring (bicyclic) bond motifs is 2. The predicted octanol–water partition coefficient (Wildman–Crippen LogP) is 4.74. The molecule has 0 heterocycles. The summed E-state index contributed by atoms with van der Waals surface area (Å²) < 4.78 is 29.1. The van der Waals surface area contributed by atoms with Crippen molar-refractivity contribution in [3.63, 3.8) is 0 Å². The van der Waals surface area contributed by atoms with Gasteiger partial charge in [0, 0.05) is 17.7 Å². The van der Waals surface area contributed by atoms with E-state index in [1.165, 1.54) is 19.2 Å². The second-order valence-corrected chi connectivity index (χ2v) is 8.62. The van der Waals surface area contributed by atoms with E-state index in [0.29, 0.717) is 28.9 Å². The highest BCUT2D eigenvalue weighted by Gasteiger charge is 2.27. The highest BCUT2D eigenvalue weighted by Crippen LogP contribution is 2.34. The molecule has 0 saturated carbocycles. The molecule has 3 aromatic rings. The first kappa shape index (κ1) is 23.0. The van der Waals surface area contributed by atoms with Crippen LogP contribution in [0.25, 0.3) is 0 Å². The molecule has 2 atom stereocenters. The SMILES string of the molecule is COS(=O)c1ccc(C)cc1.O=C1c2ccc(F)cc2C[C@H](CCO)c2ccccc21. The number of aliphatic hydroxyl groups excluding tert-OH is 1. The lowest BCUT2D eigenvalue weighted by atomic mass is 9.89. The van der Waals surface area contributed by atoms with E-state index >= 15 is 0 Å². The Kier molecular flexibility index (Phi) is 7.85. The van der Waals surface area contributed by atoms with E-state index in [4.69, 9.17) is 0 Å². The van der Waals surface area contributed by atoms with Crippen LogP contribution in [0.15, 0.2) is 71.6 Å². The van der Waals surface area contributed by atoms with Crippen molar-refractivity contribution in [3.8, 4) is 0 Å². The topological polar surface area (TPSA) is 63.6 Å². The normalized spacial score (nSPS) is 15.7. The van der Waals surface area contributed by atoms with Crippen LogP contribution in [-0.4, -0.2) is 28.8 Å². The number of carbonyl (C=O) groups excluding carboxylic acids is 1. The highest BCUT2D eigenvalue weighted by atomic mass is 32.2. The van der Waals surface area contributed by atoms with Gasteiger partial charge in [-0.25, -0.2) is 8.60 Å². The van der Waals surface area contributed by atoms with Crippen molar-refractivity contribution in [1.82, 2.24) is 0 Å². The van der Waals surface area contributed by atoms with Crippen molar-refractivity contribution in [1.29, 1.82) is 0 Å². The summed E-state index contributed by atoms with van der Waals surface area (Å²) in [4.78, 5) is 13.3. The first-order valence-corrected chi connectivity index (χ1v) is 11.1. The quantitative estimate of drug-likeness (QED) is 0.636. The molecule has 1 unspecified atom stereocenters. The lowest BCUT2D eigenvalue weighted by Gasteiger charge is -2.16. The van der Waals surface area contributed by atoms with Crippen LogP contribution in [0.4, 0.5) is 4.39 Å². The fourth-order valence-corrected chi connectivity index (χ4v) is 4.24. The van der Waals surface area contributed by atoms with Gasteiger partial charge in [0.25, 0.3) is 0 Å². The van der Waals surface area contributed by atoms with E-state index < -0.39 is 11.1 Å². The first-order chi connectivity index (χ1) is 14.9. The fraction of sp³-hybridized carbons (Fsp3) is 0.240. The second kappa shape index (κ2) is 10.6. The minimum absolute atomic E-state index is 0.0446. The third-order valence-corrected chi connectivity index (χ3v) is 6.23. The Bertz CT molecular complexity index is 1080. The maximum atomic E-state index is 13.4. The average Bonchev–Trinajstić information content (AvgIpc) is 2.89. The Hall–Kier alpha value is -2.67. The summed E-state index contributed by atoms with van der Waals surface area (Å²) in [5.74, 6) is -0.343. The average molecular weight is 441 g/mol. The van der Waals surface area contributed by atoms with Crippen LogP contribution in [0.2, 0.25) is 0 Å². The minimum Gasteiger partial charge on any atom is -0.396 e. The smallest absolute Gasteiger partial charge is 0.193 e. The van der Waals surface area contributed by atoms with Crippen LogP contribution in [0, 0.1) is 12.7 Å². The molecule has 0 radical (unpaired) electrons. The molecule has 0 fully saturated rings. The van der Waals surface area contributed by atoms with E-state index in [-0.39, 0.29) is 24.1 Å². The molecule has 1 N–H and O–H groups in total. The lowest BCUT2D eigenvalue weighted by Crippen LogP contribution is -2.06. The van der Waals surface area contributed by atoms with Gasteiger partial charge in [-0.05, 0) is 67.1 Å². The molecule has 6 heteroatoms. The van der Waals surface area contributed by atoms with Crippen molar-refractivity contribution in [3.05, 3.63) is 100 Å². The van der Waals surface area contributed by atoms with Crippen molar-refractivity contribution in [2.75, 3.05) is 13.7 Å². The molecular formula is C25H25FO4S. The number of aliphatic hydroxyl groups is 1. The van der Waals surface area contributed by atoms with Gasteiger partial charge in [-0.1, -0.05) is 42.0 Å². The van der Waals surface area contributed by atoms with Gasteiger partial charge in [-0.2, -0.15) is 0 Å². The maximum absolute atomic E-state index is 13.4. The number of halogens is 1. The standard InChI is InChI=1S/C17H15FO2.C8H10O2S/c18-13-5-6-15-12(10-13)9-11(7-8-19)14-3-1-2-4-16(14)17(15)20;1-7-3-5-8(6-4-7)11(9)10-2/h1-6,10-11,19H,7-9H2;3-6H,1-2H3/t11-;/m0./s1. The van der Waals surface area contributed by atoms with Crippen LogP contribution in [-0.2, 0) is 21.7 Å². The van der Waals surface area contributed by atoms with Crippen molar-refractivity contribution in [2.45, 2.75) is 30.6 Å². The number of benzene rings is 3. The highest BCUT2D eigenvalue weighted by molar-refractivity contribution is 7.80. The third-order valence-electron chi connectivity index (χ3n) is 5.27. The van der Waals surface area contributed by atoms with Crippen LogP contribution in [0.3, 0.4) is 0 Å². The molecule has 0 bridgehead atoms. The summed E-state index contributed by atoms with van der Waals surface area (Å²) in [7, 11) is 1.43. The molecule has 0 saturated heterocycles. The Morgan fingerprint density at radius 1 is 1.06 bits per heavy atom. The van der Waals surface area contributed by atoms with Crippen molar-refractivity contribution < 1.29 is 22.7 Å². The van der Waals surface area contributed by atoms with E-state index in [1.807, 2.05) is 37.3 Å². The van der Waals surface area contributed by atoms with E-state index in [9.17, 15) is 18.5 Å². The van der Waals surface area contributed by atoms with Gasteiger partial charge in [0.1, 0.15) is 5.82 Å². The molecule has 0 amide bonds. The fourth-order valence-electron chi connectivity index (χ4n) is 3.69. The predicted molar refractivity (Wildman–Crippen MR) is 119 cm³/mol. The van der Waals surface area contributed by atoms with Gasteiger partial charge < -0.3 is 5.11 Å². The molecular weight excluding hydrogens is 415 g/mol. The Morgan fingerprint density at radius 2 is 1.77 bits per heavy atom. The molecule has 4 nitrogen and oxygen atoms in total. The van der Waals surface area contributed by atoms with Gasteiger partial charge in [0.2, 0.25) is 0 Å². The van der Waals surface area contributed by atoms with Crippen LogP contribution >= 0.6 is 0 Å². The van der Waals surface area contributed by atoms with E-state index in [1.54, 1.807) is 24.3 Å². The molecule has 162 valence electrons. The van der Waals surface area contributed by atoms with Gasteiger partial charge in [0.05, 0.1) is 12.0 Å². The van der Waals surface area contributed by atoms with Crippen molar-refractivity contribution in [2.24, 2.45) is 0 Å². The van der Waals surface area contributed by atoms with Gasteiger partial charge >= 0.3 is 0 Å². The Morgan fingerprint density at radius 3 is 2.45 bits per heavy atom. The molecule has 1 aliphatic rings. The molecule has 1 aliphatic carbocycles. The monoisotopic (exact) mass is 440 g/mol. The summed E-state index contributed by atoms with van der Waals surface area (Å²) in [6.45, 7) is 2.04. The molecule has 3 aromatic carbocycles. The van der Waals surface area contributed by atoms with E-state index in [2.05, 4.69) is 4.18 Å². The number of hydrogen-bond donors (Lipinski definition) is 1. The molecule has 0 aromatic heterocycles. The molecule has 4 rings (SSSR count). The summed E-state index contributed by atoms with van der Waals surface area (Å²) in [6, 6.07) is 19.2. The zero-order chi connectivity index (χ0) is 22.4. The summed E-state index contributed by atoms with van der Waals surface area (Å²) in [6.07, 6.45) is 1.15. The van der Waals surface area contributed by atoms with Crippen LogP contribution < -0.4 is 0 Å². The molecule has 0 spiro atoms. The summed E-state index contributed by atoms with van der Waals surface area (Å²) in [5, 5.41) is 9.25. The van der Waals surface area contributed by atoms with Crippen LogP contribution in [0.1, 0.15) is 45.0 Å². The van der Waals surface area contributed by atoms with Crippen LogP contribution in [0.5, 0.6) is 0 Å². The number of aryl methyl sites for hydroxylation is 1. The Balaban J connectivity index is 0.000000210. The third kappa shape index (κ3) is 5.53. The zero-order valence-corrected chi connectivity index (χ0v) is 18.3. The van der Waals surface area contributed by atoms with Gasteiger partial charge in [-0.3, -0.25) is 8.98 Å². The summed E-state index contributed by atoms with van der Waals surface area (Å²) in [5.41, 5.74) is 4.06. The lowest BCUT2D eigenvalue weighted by molar-refractivity contribution is 0.103. The zero-order valence-electron chi connectivity index (χ0n) is 17.5. The Labute approximate surface area is 184 Å². The maximum Gasteiger partial charge on any atom is 0.193 e. The van der Waals surface area contributed by atoms with Crippen molar-refractivity contribution >= 4 is 16.9 Å². The molecule has 31 heavy (non-hydrogen) atoms. The number of ketones is 1. The van der Waals surface area contributed by atoms with Gasteiger partial charge in [0.15, 0.2) is 16.9 Å². The number of carbonyl (C=O) groups is 1.